The number of hydrogen-bond donors (Lipinski definition) is 0. The van der Waals surface area contributed by atoms with E-state index in [-0.39, 0.29) is 0 Å². The van der Waals surface area contributed by atoms with Crippen molar-refractivity contribution in [2.75, 3.05) is 0 Å². The van der Waals surface area contributed by atoms with Gasteiger partial charge in [0.2, 0.25) is 5.71 Å². The monoisotopic (exact) mass is 461 g/mol. The fourth-order valence-electron chi connectivity index (χ4n) is 5.32. The number of para-hydroxylation sites is 1. The lowest BCUT2D eigenvalue weighted by Crippen LogP contribution is -1.88. The maximum atomic E-state index is 6.14. The molecule has 0 radical (unpaired) electrons. The quantitative estimate of drug-likeness (QED) is 0.243. The average Bonchev–Trinajstić information content (AvgIpc) is 3.49. The van der Waals surface area contributed by atoms with Gasteiger partial charge in [0.15, 0.2) is 0 Å². The Morgan fingerprint density at radius 3 is 2.25 bits per heavy atom. The molecule has 0 bridgehead atoms. The molecule has 0 saturated carbocycles. The Bertz CT molecular complexity index is 2100. The molecule has 4 aromatic carbocycles. The van der Waals surface area contributed by atoms with Gasteiger partial charge in [-0.2, -0.15) is 0 Å². The molecule has 4 heteroatoms. The highest BCUT2D eigenvalue weighted by Crippen LogP contribution is 2.35. The summed E-state index contributed by atoms with van der Waals surface area (Å²) in [7, 11) is 0. The third kappa shape index (κ3) is 2.75. The van der Waals surface area contributed by atoms with Crippen LogP contribution in [-0.4, -0.2) is 14.4 Å². The minimum absolute atomic E-state index is 0.779. The van der Waals surface area contributed by atoms with Crippen molar-refractivity contribution in [1.82, 2.24) is 14.4 Å². The summed E-state index contributed by atoms with van der Waals surface area (Å²) in [5.74, 6) is 0. The summed E-state index contributed by atoms with van der Waals surface area (Å²) in [5, 5.41) is 4.58. The van der Waals surface area contributed by atoms with Crippen LogP contribution in [0, 0.1) is 0 Å². The van der Waals surface area contributed by atoms with Crippen LogP contribution >= 0.6 is 0 Å². The number of fused-ring (bicyclic) bond motifs is 8. The summed E-state index contributed by atoms with van der Waals surface area (Å²) in [6.07, 6.45) is 3.97. The summed E-state index contributed by atoms with van der Waals surface area (Å²) in [4.78, 5) is 9.45. The number of nitrogens with zero attached hydrogens (tertiary/aromatic N) is 3. The number of hydrogen-bond acceptors (Lipinski definition) is 3. The van der Waals surface area contributed by atoms with E-state index in [1.165, 1.54) is 21.9 Å². The molecule has 0 aliphatic heterocycles. The van der Waals surface area contributed by atoms with Crippen molar-refractivity contribution in [3.63, 3.8) is 0 Å². The van der Waals surface area contributed by atoms with Crippen molar-refractivity contribution in [3.8, 4) is 22.3 Å². The van der Waals surface area contributed by atoms with Gasteiger partial charge in [-0.05, 0) is 64.0 Å². The minimum Gasteiger partial charge on any atom is -0.437 e. The van der Waals surface area contributed by atoms with Gasteiger partial charge in [-0.3, -0.25) is 9.38 Å². The molecule has 0 atom stereocenters. The van der Waals surface area contributed by atoms with E-state index in [9.17, 15) is 0 Å². The Morgan fingerprint density at radius 1 is 0.611 bits per heavy atom. The Hall–Kier alpha value is -4.96. The molecule has 4 nitrogen and oxygen atoms in total. The van der Waals surface area contributed by atoms with Crippen LogP contribution in [0.15, 0.2) is 120 Å². The average molecular weight is 462 g/mol. The first-order chi connectivity index (χ1) is 17.8. The van der Waals surface area contributed by atoms with E-state index >= 15 is 0 Å². The van der Waals surface area contributed by atoms with Gasteiger partial charge >= 0.3 is 0 Å². The van der Waals surface area contributed by atoms with E-state index in [0.717, 1.165) is 49.9 Å². The Balaban J connectivity index is 1.26. The minimum atomic E-state index is 0.779. The van der Waals surface area contributed by atoms with E-state index in [0.29, 0.717) is 0 Å². The third-order valence-electron chi connectivity index (χ3n) is 7.06. The van der Waals surface area contributed by atoms with Crippen molar-refractivity contribution in [1.29, 1.82) is 0 Å². The van der Waals surface area contributed by atoms with Gasteiger partial charge in [0.05, 0.1) is 5.52 Å². The zero-order valence-electron chi connectivity index (χ0n) is 19.2. The van der Waals surface area contributed by atoms with Crippen molar-refractivity contribution in [2.24, 2.45) is 0 Å². The fourth-order valence-corrected chi connectivity index (χ4v) is 5.32. The number of imidazole rings is 1. The van der Waals surface area contributed by atoms with Gasteiger partial charge < -0.3 is 4.42 Å². The zero-order chi connectivity index (χ0) is 23.6. The van der Waals surface area contributed by atoms with E-state index in [2.05, 4.69) is 90.0 Å². The standard InChI is InChI=1S/C32H19N3O/c1-2-8-25-24(7-1)27(18-22-6-5-17-33-30(22)25)21-13-11-20(12-14-21)23-15-16-29-34-31-26-9-3-4-10-28(26)36-32(31)35(29)19-23/h1-19H. The molecule has 8 rings (SSSR count). The number of aromatic nitrogens is 3. The maximum Gasteiger partial charge on any atom is 0.232 e. The lowest BCUT2D eigenvalue weighted by Gasteiger charge is -2.11. The second-order valence-electron chi connectivity index (χ2n) is 9.13. The van der Waals surface area contributed by atoms with Crippen LogP contribution in [0.1, 0.15) is 0 Å². The van der Waals surface area contributed by atoms with Gasteiger partial charge in [0.25, 0.3) is 0 Å². The van der Waals surface area contributed by atoms with E-state index in [4.69, 9.17) is 9.40 Å². The SMILES string of the molecule is c1cnc2c(c1)cc(-c1ccc(-c3ccc4nc5c6ccccc6oc5n4c3)cc1)c1ccccc12. The molecule has 0 aliphatic carbocycles. The van der Waals surface area contributed by atoms with Gasteiger partial charge in [0, 0.05) is 28.6 Å². The molecule has 0 amide bonds. The van der Waals surface area contributed by atoms with Gasteiger partial charge in [0.1, 0.15) is 16.7 Å². The van der Waals surface area contributed by atoms with Crippen LogP contribution in [0.25, 0.3) is 71.8 Å². The molecule has 0 unspecified atom stereocenters. The van der Waals surface area contributed by atoms with Crippen molar-refractivity contribution >= 4 is 49.5 Å². The highest BCUT2D eigenvalue weighted by molar-refractivity contribution is 6.12. The topological polar surface area (TPSA) is 43.3 Å². The highest BCUT2D eigenvalue weighted by Gasteiger charge is 2.14. The lowest BCUT2D eigenvalue weighted by molar-refractivity contribution is 0.649. The smallest absolute Gasteiger partial charge is 0.232 e. The summed E-state index contributed by atoms with van der Waals surface area (Å²) in [6, 6.07) is 35.9. The highest BCUT2D eigenvalue weighted by atomic mass is 16.3. The maximum absolute atomic E-state index is 6.14. The zero-order valence-corrected chi connectivity index (χ0v) is 19.2. The molecular formula is C32H19N3O. The van der Waals surface area contributed by atoms with Crippen molar-refractivity contribution < 1.29 is 4.42 Å². The molecule has 0 spiro atoms. The first-order valence-electron chi connectivity index (χ1n) is 12.0. The van der Waals surface area contributed by atoms with E-state index in [1.807, 2.05) is 34.9 Å². The summed E-state index contributed by atoms with van der Waals surface area (Å²) < 4.78 is 8.19. The van der Waals surface area contributed by atoms with Crippen LogP contribution in [0.5, 0.6) is 0 Å². The molecule has 168 valence electrons. The van der Waals surface area contributed by atoms with E-state index < -0.39 is 0 Å². The molecule has 8 aromatic rings. The predicted octanol–water partition coefficient (Wildman–Crippen LogP) is 8.27. The molecule has 4 heterocycles. The normalized spacial score (nSPS) is 11.9. The second-order valence-corrected chi connectivity index (χ2v) is 9.13. The van der Waals surface area contributed by atoms with Crippen molar-refractivity contribution in [2.45, 2.75) is 0 Å². The molecule has 0 saturated heterocycles. The number of pyridine rings is 2. The fraction of sp³-hybridized carbons (Fsp3) is 0. The second kappa shape index (κ2) is 7.27. The van der Waals surface area contributed by atoms with Crippen LogP contribution in [0.2, 0.25) is 0 Å². The molecule has 36 heavy (non-hydrogen) atoms. The molecule has 0 aliphatic rings. The molecule has 0 fully saturated rings. The molecule has 4 aromatic heterocycles. The predicted molar refractivity (Wildman–Crippen MR) is 146 cm³/mol. The molecular weight excluding hydrogens is 442 g/mol. The Morgan fingerprint density at radius 2 is 1.36 bits per heavy atom. The Labute approximate surface area is 206 Å². The lowest BCUT2D eigenvalue weighted by atomic mass is 9.94. The van der Waals surface area contributed by atoms with Crippen LogP contribution in [-0.2, 0) is 0 Å². The number of rotatable bonds is 2. The van der Waals surface area contributed by atoms with Crippen LogP contribution in [0.3, 0.4) is 0 Å². The first kappa shape index (κ1) is 19.4. The Kier molecular flexibility index (Phi) is 3.91. The van der Waals surface area contributed by atoms with E-state index in [1.54, 1.807) is 0 Å². The summed E-state index contributed by atoms with van der Waals surface area (Å²) in [6.45, 7) is 0. The van der Waals surface area contributed by atoms with Crippen LogP contribution < -0.4 is 0 Å². The number of furan rings is 1. The summed E-state index contributed by atoms with van der Waals surface area (Å²) >= 11 is 0. The van der Waals surface area contributed by atoms with Crippen LogP contribution in [0.4, 0.5) is 0 Å². The van der Waals surface area contributed by atoms with Crippen molar-refractivity contribution in [3.05, 3.63) is 116 Å². The van der Waals surface area contributed by atoms with Gasteiger partial charge in [-0.1, -0.05) is 66.7 Å². The van der Waals surface area contributed by atoms with Gasteiger partial charge in [-0.25, -0.2) is 4.98 Å². The largest absolute Gasteiger partial charge is 0.437 e. The third-order valence-corrected chi connectivity index (χ3v) is 7.06. The molecule has 0 N–H and O–H groups in total. The number of benzene rings is 4. The summed E-state index contributed by atoms with van der Waals surface area (Å²) in [5.41, 5.74) is 9.11. The van der Waals surface area contributed by atoms with Gasteiger partial charge in [-0.15, -0.1) is 0 Å². The first-order valence-corrected chi connectivity index (χ1v) is 12.0.